The number of allylic oxidation sites excluding steroid dienone is 3. The average Bonchev–Trinajstić information content (AvgIpc) is 2.46. The zero-order valence-corrected chi connectivity index (χ0v) is 14.1. The maximum absolute atomic E-state index is 9.99. The summed E-state index contributed by atoms with van der Waals surface area (Å²) in [5.41, 5.74) is 2.54. The van der Waals surface area contributed by atoms with Crippen LogP contribution in [0.5, 0.6) is 0 Å². The Balaban J connectivity index is 1.94. The Hall–Kier alpha value is -0.560. The summed E-state index contributed by atoms with van der Waals surface area (Å²) in [5, 5.41) is 9.99. The number of hydrogen-bond acceptors (Lipinski definition) is 1. The van der Waals surface area contributed by atoms with Crippen molar-refractivity contribution in [2.75, 3.05) is 6.61 Å². The van der Waals surface area contributed by atoms with Crippen molar-refractivity contribution in [1.82, 2.24) is 0 Å². The SMILES string of the molecule is C=C[C@]1(C)CC[C@H]2C(=CC[C@H]3[C@@](C)(CO)CCC[C@@]23C)C1. The van der Waals surface area contributed by atoms with Gasteiger partial charge in [-0.25, -0.2) is 0 Å². The second kappa shape index (κ2) is 4.98. The van der Waals surface area contributed by atoms with Gasteiger partial charge >= 0.3 is 0 Å². The van der Waals surface area contributed by atoms with Gasteiger partial charge in [-0.2, -0.15) is 0 Å². The molecule has 0 bridgehead atoms. The standard InChI is InChI=1S/C20H32O/c1-5-18(2)12-9-16-15(13-18)7-8-17-19(3,14-21)10-6-11-20(16,17)4/h5,7,16-17,21H,1,6,8-14H2,2-4H3/t16-,17-,18+,19+,20-/m0/s1. The van der Waals surface area contributed by atoms with E-state index < -0.39 is 0 Å². The largest absolute Gasteiger partial charge is 0.396 e. The van der Waals surface area contributed by atoms with Gasteiger partial charge in [0, 0.05) is 6.61 Å². The third kappa shape index (κ3) is 2.23. The quantitative estimate of drug-likeness (QED) is 0.700. The molecule has 1 N–H and O–H groups in total. The molecular weight excluding hydrogens is 256 g/mol. The monoisotopic (exact) mass is 288 g/mol. The number of aliphatic hydroxyl groups excluding tert-OH is 1. The van der Waals surface area contributed by atoms with Gasteiger partial charge < -0.3 is 5.11 Å². The van der Waals surface area contributed by atoms with E-state index in [4.69, 9.17) is 0 Å². The Kier molecular flexibility index (Phi) is 3.64. The molecule has 1 nitrogen and oxygen atoms in total. The summed E-state index contributed by atoms with van der Waals surface area (Å²) in [5.74, 6) is 1.40. The molecule has 3 aliphatic rings. The van der Waals surface area contributed by atoms with Gasteiger partial charge in [-0.15, -0.1) is 6.58 Å². The molecule has 0 spiro atoms. The van der Waals surface area contributed by atoms with Crippen LogP contribution in [-0.4, -0.2) is 11.7 Å². The lowest BCUT2D eigenvalue weighted by Crippen LogP contribution is -2.52. The van der Waals surface area contributed by atoms with Crippen molar-refractivity contribution in [3.8, 4) is 0 Å². The zero-order chi connectivity index (χ0) is 15.3. The van der Waals surface area contributed by atoms with Gasteiger partial charge in [0.05, 0.1) is 0 Å². The summed E-state index contributed by atoms with van der Waals surface area (Å²) in [6, 6.07) is 0. The molecule has 21 heavy (non-hydrogen) atoms. The third-order valence-corrected chi connectivity index (χ3v) is 7.43. The maximum Gasteiger partial charge on any atom is 0.0487 e. The predicted octanol–water partition coefficient (Wildman–Crippen LogP) is 5.11. The molecule has 0 saturated heterocycles. The summed E-state index contributed by atoms with van der Waals surface area (Å²) < 4.78 is 0. The van der Waals surface area contributed by atoms with Crippen LogP contribution in [0.1, 0.15) is 65.7 Å². The molecule has 5 atom stereocenters. The second-order valence-corrected chi connectivity index (χ2v) is 8.87. The van der Waals surface area contributed by atoms with Crippen LogP contribution in [0.25, 0.3) is 0 Å². The van der Waals surface area contributed by atoms with Gasteiger partial charge in [0.1, 0.15) is 0 Å². The lowest BCUT2D eigenvalue weighted by atomic mass is 9.45. The molecule has 3 rings (SSSR count). The average molecular weight is 288 g/mol. The normalized spacial score (nSPS) is 49.8. The Bertz CT molecular complexity index is 464. The predicted molar refractivity (Wildman–Crippen MR) is 89.0 cm³/mol. The molecule has 0 aromatic carbocycles. The van der Waals surface area contributed by atoms with Crippen LogP contribution in [0.3, 0.4) is 0 Å². The van der Waals surface area contributed by atoms with E-state index in [1.165, 1.54) is 44.9 Å². The van der Waals surface area contributed by atoms with Crippen molar-refractivity contribution in [3.05, 3.63) is 24.3 Å². The molecule has 0 amide bonds. The van der Waals surface area contributed by atoms with Crippen LogP contribution in [0.2, 0.25) is 0 Å². The highest BCUT2D eigenvalue weighted by Gasteiger charge is 2.55. The highest BCUT2D eigenvalue weighted by molar-refractivity contribution is 5.25. The van der Waals surface area contributed by atoms with Crippen LogP contribution in [0.15, 0.2) is 24.3 Å². The smallest absolute Gasteiger partial charge is 0.0487 e. The van der Waals surface area contributed by atoms with Crippen molar-refractivity contribution in [2.24, 2.45) is 28.1 Å². The lowest BCUT2D eigenvalue weighted by Gasteiger charge is -2.59. The minimum Gasteiger partial charge on any atom is -0.396 e. The second-order valence-electron chi connectivity index (χ2n) is 8.87. The molecule has 3 aliphatic carbocycles. The van der Waals surface area contributed by atoms with E-state index in [-0.39, 0.29) is 5.41 Å². The van der Waals surface area contributed by atoms with Crippen LogP contribution in [0.4, 0.5) is 0 Å². The summed E-state index contributed by atoms with van der Waals surface area (Å²) >= 11 is 0. The highest BCUT2D eigenvalue weighted by Crippen LogP contribution is 2.63. The minimum atomic E-state index is 0.133. The Morgan fingerprint density at radius 1 is 1.29 bits per heavy atom. The fourth-order valence-corrected chi connectivity index (χ4v) is 5.93. The van der Waals surface area contributed by atoms with E-state index in [0.717, 1.165) is 5.92 Å². The number of fused-ring (bicyclic) bond motifs is 3. The van der Waals surface area contributed by atoms with E-state index in [1.807, 2.05) is 0 Å². The van der Waals surface area contributed by atoms with Crippen LogP contribution in [0, 0.1) is 28.1 Å². The molecule has 118 valence electrons. The van der Waals surface area contributed by atoms with Gasteiger partial charge in [-0.3, -0.25) is 0 Å². The van der Waals surface area contributed by atoms with Crippen LogP contribution >= 0.6 is 0 Å². The topological polar surface area (TPSA) is 20.2 Å². The molecule has 1 heteroatoms. The van der Waals surface area contributed by atoms with Gasteiger partial charge in [0.15, 0.2) is 0 Å². The fourth-order valence-electron chi connectivity index (χ4n) is 5.93. The van der Waals surface area contributed by atoms with E-state index in [9.17, 15) is 5.11 Å². The highest BCUT2D eigenvalue weighted by atomic mass is 16.3. The summed E-state index contributed by atoms with van der Waals surface area (Å²) in [6.07, 6.45) is 13.5. The first-order valence-electron chi connectivity index (χ1n) is 8.80. The molecule has 0 radical (unpaired) electrons. The van der Waals surface area contributed by atoms with Crippen molar-refractivity contribution in [2.45, 2.75) is 65.7 Å². The Morgan fingerprint density at radius 3 is 2.71 bits per heavy atom. The van der Waals surface area contributed by atoms with Crippen molar-refractivity contribution >= 4 is 0 Å². The lowest BCUT2D eigenvalue weighted by molar-refractivity contribution is -0.0805. The number of rotatable bonds is 2. The molecule has 0 unspecified atom stereocenters. The minimum absolute atomic E-state index is 0.133. The van der Waals surface area contributed by atoms with E-state index in [2.05, 4.69) is 39.5 Å². The Labute approximate surface area is 130 Å². The van der Waals surface area contributed by atoms with E-state index >= 15 is 0 Å². The van der Waals surface area contributed by atoms with Crippen molar-refractivity contribution in [1.29, 1.82) is 0 Å². The molecule has 0 aliphatic heterocycles. The van der Waals surface area contributed by atoms with Crippen molar-refractivity contribution < 1.29 is 5.11 Å². The van der Waals surface area contributed by atoms with Crippen LogP contribution in [-0.2, 0) is 0 Å². The first-order chi connectivity index (χ1) is 9.87. The molecule has 2 saturated carbocycles. The zero-order valence-electron chi connectivity index (χ0n) is 14.1. The molecule has 0 aromatic rings. The third-order valence-electron chi connectivity index (χ3n) is 7.43. The van der Waals surface area contributed by atoms with Gasteiger partial charge in [0.2, 0.25) is 0 Å². The molecule has 0 heterocycles. The van der Waals surface area contributed by atoms with Crippen molar-refractivity contribution in [3.63, 3.8) is 0 Å². The van der Waals surface area contributed by atoms with E-state index in [0.29, 0.717) is 23.4 Å². The van der Waals surface area contributed by atoms with Gasteiger partial charge in [0.25, 0.3) is 0 Å². The first kappa shape index (κ1) is 15.3. The fraction of sp³-hybridized carbons (Fsp3) is 0.800. The molecular formula is C20H32O. The summed E-state index contributed by atoms with van der Waals surface area (Å²) in [7, 11) is 0. The number of hydrogen-bond donors (Lipinski definition) is 1. The first-order valence-corrected chi connectivity index (χ1v) is 8.80. The summed E-state index contributed by atoms with van der Waals surface area (Å²) in [6.45, 7) is 11.6. The molecule has 2 fully saturated rings. The number of aliphatic hydroxyl groups is 1. The maximum atomic E-state index is 9.99. The summed E-state index contributed by atoms with van der Waals surface area (Å²) in [4.78, 5) is 0. The van der Waals surface area contributed by atoms with E-state index in [1.54, 1.807) is 5.57 Å². The molecule has 0 aromatic heterocycles. The van der Waals surface area contributed by atoms with Crippen LogP contribution < -0.4 is 0 Å². The van der Waals surface area contributed by atoms with Gasteiger partial charge in [-0.1, -0.05) is 44.9 Å². The van der Waals surface area contributed by atoms with Gasteiger partial charge in [-0.05, 0) is 66.6 Å². The Morgan fingerprint density at radius 2 is 2.05 bits per heavy atom.